The number of fused-ring (bicyclic) bond motifs is 2. The molecule has 0 saturated carbocycles. The van der Waals surface area contributed by atoms with Crippen molar-refractivity contribution in [3.8, 4) is 11.5 Å². The van der Waals surface area contributed by atoms with Crippen LogP contribution in [0.2, 0.25) is 0 Å². The molecule has 0 amide bonds. The molecule has 0 saturated heterocycles. The predicted octanol–water partition coefficient (Wildman–Crippen LogP) is 2.90. The molecule has 0 aliphatic heterocycles. The van der Waals surface area contributed by atoms with Crippen LogP contribution in [0.15, 0.2) is 42.5 Å². The maximum Gasteiger partial charge on any atom is 0.130 e. The van der Waals surface area contributed by atoms with Crippen molar-refractivity contribution in [2.75, 3.05) is 0 Å². The maximum absolute atomic E-state index is 10.0. The Morgan fingerprint density at radius 1 is 0.824 bits per heavy atom. The molecule has 0 aliphatic carbocycles. The fourth-order valence-electron chi connectivity index (χ4n) is 2.08. The lowest BCUT2D eigenvalue weighted by Crippen LogP contribution is -1.91. The molecule has 0 spiro atoms. The van der Waals surface area contributed by atoms with Crippen molar-refractivity contribution in [3.05, 3.63) is 42.5 Å². The minimum Gasteiger partial charge on any atom is -0.507 e. The number of phenolic OH excluding ortho intramolecular Hbond substituents is 2. The van der Waals surface area contributed by atoms with E-state index in [1.807, 2.05) is 36.4 Å². The lowest BCUT2D eigenvalue weighted by Gasteiger charge is -2.07. The van der Waals surface area contributed by atoms with Gasteiger partial charge in [-0.2, -0.15) is 0 Å². The van der Waals surface area contributed by atoms with Gasteiger partial charge in [-0.05, 0) is 29.0 Å². The molecular weight excluding hydrogens is 231 g/mol. The third-order valence-corrected chi connectivity index (χ3v) is 3.46. The zero-order valence-corrected chi connectivity index (χ0v) is 10.2. The Balaban J connectivity index is 2.53. The smallest absolute Gasteiger partial charge is 0.130 e. The van der Waals surface area contributed by atoms with E-state index < -0.39 is 0 Å². The molecule has 0 radical (unpaired) electrons. The van der Waals surface area contributed by atoms with E-state index in [2.05, 4.69) is 9.24 Å². The average Bonchev–Trinajstić information content (AvgIpc) is 2.33. The van der Waals surface area contributed by atoms with Crippen LogP contribution in [0.4, 0.5) is 0 Å². The molecule has 84 valence electrons. The summed E-state index contributed by atoms with van der Waals surface area (Å²) in [4.78, 5) is 0. The van der Waals surface area contributed by atoms with Crippen molar-refractivity contribution in [1.29, 1.82) is 0 Å². The molecule has 3 aromatic rings. The maximum atomic E-state index is 10.0. The average molecular weight is 242 g/mol. The summed E-state index contributed by atoms with van der Waals surface area (Å²) in [5.74, 6) is 0.482. The Labute approximate surface area is 101 Å². The fourth-order valence-corrected chi connectivity index (χ4v) is 2.34. The van der Waals surface area contributed by atoms with Gasteiger partial charge in [0.05, 0.1) is 0 Å². The number of hydrogen-bond acceptors (Lipinski definition) is 2. The standard InChI is InChI=1S/C14H11O2P/c15-12-3-1-2-8-6-9-4-5-13(17)14(16)11(9)7-10(8)12/h1-7,15-16H,17H2. The molecule has 17 heavy (non-hydrogen) atoms. The number of aromatic hydroxyl groups is 2. The monoisotopic (exact) mass is 242 g/mol. The molecule has 3 heteroatoms. The lowest BCUT2D eigenvalue weighted by molar-refractivity contribution is 0.481. The summed E-state index contributed by atoms with van der Waals surface area (Å²) in [5.41, 5.74) is 0. The fraction of sp³-hybridized carbons (Fsp3) is 0. The Kier molecular flexibility index (Phi) is 2.20. The van der Waals surface area contributed by atoms with Crippen molar-refractivity contribution in [1.82, 2.24) is 0 Å². The molecule has 0 bridgehead atoms. The molecule has 1 unspecified atom stereocenters. The third-order valence-electron chi connectivity index (χ3n) is 3.00. The van der Waals surface area contributed by atoms with Crippen LogP contribution < -0.4 is 5.30 Å². The van der Waals surface area contributed by atoms with Crippen LogP contribution in [0.3, 0.4) is 0 Å². The van der Waals surface area contributed by atoms with Gasteiger partial charge in [-0.15, -0.1) is 9.24 Å². The summed E-state index contributed by atoms with van der Waals surface area (Å²) in [6, 6.07) is 13.0. The van der Waals surface area contributed by atoms with Crippen molar-refractivity contribution in [2.45, 2.75) is 0 Å². The molecule has 0 fully saturated rings. The van der Waals surface area contributed by atoms with Crippen LogP contribution in [0.1, 0.15) is 0 Å². The van der Waals surface area contributed by atoms with E-state index in [1.54, 1.807) is 6.07 Å². The van der Waals surface area contributed by atoms with Crippen molar-refractivity contribution >= 4 is 36.1 Å². The van der Waals surface area contributed by atoms with Crippen LogP contribution in [-0.4, -0.2) is 10.2 Å². The summed E-state index contributed by atoms with van der Waals surface area (Å²) in [5, 5.41) is 24.0. The van der Waals surface area contributed by atoms with Crippen molar-refractivity contribution in [2.24, 2.45) is 0 Å². The first kappa shape index (κ1) is 10.4. The normalized spacial score (nSPS) is 11.1. The molecule has 0 heterocycles. The lowest BCUT2D eigenvalue weighted by atomic mass is 10.0. The topological polar surface area (TPSA) is 40.5 Å². The highest BCUT2D eigenvalue weighted by Crippen LogP contribution is 2.32. The third kappa shape index (κ3) is 1.53. The summed E-state index contributed by atoms with van der Waals surface area (Å²) in [6.07, 6.45) is 0. The van der Waals surface area contributed by atoms with Gasteiger partial charge < -0.3 is 10.2 Å². The van der Waals surface area contributed by atoms with Gasteiger partial charge >= 0.3 is 0 Å². The first-order valence-corrected chi connectivity index (χ1v) is 5.87. The summed E-state index contributed by atoms with van der Waals surface area (Å²) in [7, 11) is 2.50. The molecule has 3 rings (SSSR count). The Morgan fingerprint density at radius 3 is 2.41 bits per heavy atom. The molecule has 0 aromatic heterocycles. The van der Waals surface area contributed by atoms with Gasteiger partial charge in [-0.1, -0.05) is 24.3 Å². The van der Waals surface area contributed by atoms with Crippen LogP contribution in [0.5, 0.6) is 11.5 Å². The Hall–Kier alpha value is -1.79. The van der Waals surface area contributed by atoms with E-state index >= 15 is 0 Å². The second kappa shape index (κ2) is 3.61. The Morgan fingerprint density at radius 2 is 1.59 bits per heavy atom. The highest BCUT2D eigenvalue weighted by molar-refractivity contribution is 7.27. The number of benzene rings is 3. The molecule has 3 aromatic carbocycles. The molecule has 1 atom stereocenters. The van der Waals surface area contributed by atoms with Gasteiger partial charge in [0.25, 0.3) is 0 Å². The minimum absolute atomic E-state index is 0.234. The highest BCUT2D eigenvalue weighted by Gasteiger charge is 2.06. The van der Waals surface area contributed by atoms with Gasteiger partial charge in [0, 0.05) is 16.1 Å². The molecule has 2 N–H and O–H groups in total. The largest absolute Gasteiger partial charge is 0.507 e. The van der Waals surface area contributed by atoms with Gasteiger partial charge in [-0.25, -0.2) is 0 Å². The van der Waals surface area contributed by atoms with Gasteiger partial charge in [0.2, 0.25) is 0 Å². The number of rotatable bonds is 0. The number of phenols is 2. The van der Waals surface area contributed by atoms with Gasteiger partial charge in [0.15, 0.2) is 0 Å². The van der Waals surface area contributed by atoms with Crippen molar-refractivity contribution in [3.63, 3.8) is 0 Å². The summed E-state index contributed by atoms with van der Waals surface area (Å²) >= 11 is 0. The predicted molar refractivity (Wildman–Crippen MR) is 74.1 cm³/mol. The van der Waals surface area contributed by atoms with Crippen LogP contribution >= 0.6 is 9.24 Å². The SMILES string of the molecule is Oc1cccc2cc3ccc(P)c(O)c3cc12. The first-order chi connectivity index (χ1) is 8.16. The highest BCUT2D eigenvalue weighted by atomic mass is 31.0. The quantitative estimate of drug-likeness (QED) is 0.470. The zero-order valence-electron chi connectivity index (χ0n) is 9.01. The van der Waals surface area contributed by atoms with E-state index in [-0.39, 0.29) is 11.5 Å². The molecule has 2 nitrogen and oxygen atoms in total. The van der Waals surface area contributed by atoms with E-state index in [9.17, 15) is 10.2 Å². The van der Waals surface area contributed by atoms with E-state index in [4.69, 9.17) is 0 Å². The van der Waals surface area contributed by atoms with E-state index in [1.165, 1.54) is 0 Å². The van der Waals surface area contributed by atoms with Gasteiger partial charge in [0.1, 0.15) is 11.5 Å². The number of hydrogen-bond donors (Lipinski definition) is 2. The molecular formula is C14H11O2P. The first-order valence-electron chi connectivity index (χ1n) is 5.30. The zero-order chi connectivity index (χ0) is 12.0. The minimum atomic E-state index is 0.234. The summed E-state index contributed by atoms with van der Waals surface area (Å²) < 4.78 is 0. The second-order valence-electron chi connectivity index (χ2n) is 4.08. The van der Waals surface area contributed by atoms with Gasteiger partial charge in [-0.3, -0.25) is 0 Å². The van der Waals surface area contributed by atoms with E-state index in [0.29, 0.717) is 0 Å². The van der Waals surface area contributed by atoms with Crippen LogP contribution in [0.25, 0.3) is 21.5 Å². The summed E-state index contributed by atoms with van der Waals surface area (Å²) in [6.45, 7) is 0. The second-order valence-corrected chi connectivity index (χ2v) is 4.70. The van der Waals surface area contributed by atoms with Crippen LogP contribution in [0, 0.1) is 0 Å². The van der Waals surface area contributed by atoms with Crippen LogP contribution in [-0.2, 0) is 0 Å². The van der Waals surface area contributed by atoms with E-state index in [0.717, 1.165) is 26.8 Å². The van der Waals surface area contributed by atoms with Crippen molar-refractivity contribution < 1.29 is 10.2 Å². The Bertz CT molecular complexity index is 735. The molecule has 0 aliphatic rings.